The minimum Gasteiger partial charge on any atom is -0.346 e. The summed E-state index contributed by atoms with van der Waals surface area (Å²) in [6, 6.07) is 5.82. The molecular weight excluding hydrogens is 206 g/mol. The minimum absolute atomic E-state index is 0.746. The Hall–Kier alpha value is -1.42. The highest BCUT2D eigenvalue weighted by molar-refractivity contribution is 7.71. The molecular formula is C11H13N3S. The van der Waals surface area contributed by atoms with Crippen molar-refractivity contribution in [3.05, 3.63) is 35.2 Å². The Morgan fingerprint density at radius 2 is 2.33 bits per heavy atom. The van der Waals surface area contributed by atoms with Crippen LogP contribution in [0.5, 0.6) is 0 Å². The van der Waals surface area contributed by atoms with E-state index in [2.05, 4.69) is 17.0 Å². The summed E-state index contributed by atoms with van der Waals surface area (Å²) in [6.07, 6.45) is 4.98. The summed E-state index contributed by atoms with van der Waals surface area (Å²) in [4.78, 5) is 3.14. The summed E-state index contributed by atoms with van der Waals surface area (Å²) in [5.74, 6) is 0. The molecule has 15 heavy (non-hydrogen) atoms. The summed E-state index contributed by atoms with van der Waals surface area (Å²) in [5, 5.41) is 4.27. The molecule has 0 spiro atoms. The third kappa shape index (κ3) is 2.33. The van der Waals surface area contributed by atoms with Crippen LogP contribution in [-0.2, 0) is 6.54 Å². The Labute approximate surface area is 93.8 Å². The van der Waals surface area contributed by atoms with Crippen molar-refractivity contribution in [2.24, 2.45) is 0 Å². The molecule has 4 heteroatoms. The van der Waals surface area contributed by atoms with Gasteiger partial charge in [-0.15, -0.1) is 0 Å². The third-order valence-corrected chi connectivity index (χ3v) is 2.40. The van der Waals surface area contributed by atoms with Crippen LogP contribution in [-0.4, -0.2) is 14.8 Å². The lowest BCUT2D eigenvalue weighted by atomic mass is 10.2. The molecule has 3 nitrogen and oxygen atoms in total. The van der Waals surface area contributed by atoms with Gasteiger partial charge in [0.25, 0.3) is 0 Å². The number of aromatic nitrogens is 3. The molecule has 0 amide bonds. The van der Waals surface area contributed by atoms with Crippen molar-refractivity contribution in [2.45, 2.75) is 19.9 Å². The Balaban J connectivity index is 2.33. The SMILES string of the molecule is CCCn1cc(-c2cccc(=S)[nH]2)cn1. The molecule has 0 atom stereocenters. The smallest absolute Gasteiger partial charge is 0.103 e. The first-order valence-electron chi connectivity index (χ1n) is 5.02. The van der Waals surface area contributed by atoms with E-state index in [4.69, 9.17) is 12.2 Å². The highest BCUT2D eigenvalue weighted by Crippen LogP contribution is 2.15. The highest BCUT2D eigenvalue weighted by Gasteiger charge is 2.00. The fraction of sp³-hybridized carbons (Fsp3) is 0.273. The first-order valence-corrected chi connectivity index (χ1v) is 5.42. The molecule has 0 aliphatic heterocycles. The van der Waals surface area contributed by atoms with E-state index < -0.39 is 0 Å². The molecule has 0 bridgehead atoms. The Morgan fingerprint density at radius 3 is 3.07 bits per heavy atom. The van der Waals surface area contributed by atoms with Gasteiger partial charge in [-0.3, -0.25) is 4.68 Å². The summed E-state index contributed by atoms with van der Waals surface area (Å²) in [7, 11) is 0. The van der Waals surface area contributed by atoms with Gasteiger partial charge in [-0.05, 0) is 18.6 Å². The molecule has 0 saturated heterocycles. The molecule has 2 heterocycles. The number of hydrogen-bond acceptors (Lipinski definition) is 2. The molecule has 2 rings (SSSR count). The van der Waals surface area contributed by atoms with E-state index >= 15 is 0 Å². The fourth-order valence-electron chi connectivity index (χ4n) is 1.47. The average molecular weight is 219 g/mol. The standard InChI is InChI=1S/C11H13N3S/c1-2-6-14-8-9(7-12-14)10-4-3-5-11(15)13-10/h3-5,7-8H,2,6H2,1H3,(H,13,15). The molecule has 0 aliphatic carbocycles. The fourth-order valence-corrected chi connectivity index (χ4v) is 1.66. The van der Waals surface area contributed by atoms with Crippen LogP contribution in [0.2, 0.25) is 0 Å². The monoisotopic (exact) mass is 219 g/mol. The number of aryl methyl sites for hydroxylation is 1. The number of pyridine rings is 1. The van der Waals surface area contributed by atoms with Crippen molar-refractivity contribution >= 4 is 12.2 Å². The summed E-state index contributed by atoms with van der Waals surface area (Å²) >= 11 is 5.07. The number of aromatic amines is 1. The van der Waals surface area contributed by atoms with E-state index in [1.165, 1.54) is 0 Å². The lowest BCUT2D eigenvalue weighted by Gasteiger charge is -1.97. The number of hydrogen-bond donors (Lipinski definition) is 1. The van der Waals surface area contributed by atoms with Gasteiger partial charge in [0.15, 0.2) is 0 Å². The van der Waals surface area contributed by atoms with Crippen molar-refractivity contribution in [2.75, 3.05) is 0 Å². The zero-order valence-electron chi connectivity index (χ0n) is 8.60. The molecule has 0 radical (unpaired) electrons. The maximum Gasteiger partial charge on any atom is 0.103 e. The van der Waals surface area contributed by atoms with Gasteiger partial charge in [0.2, 0.25) is 0 Å². The van der Waals surface area contributed by atoms with Gasteiger partial charge in [-0.2, -0.15) is 5.10 Å². The van der Waals surface area contributed by atoms with Crippen LogP contribution in [0, 0.1) is 4.64 Å². The van der Waals surface area contributed by atoms with E-state index in [9.17, 15) is 0 Å². The maximum atomic E-state index is 5.07. The van der Waals surface area contributed by atoms with Crippen LogP contribution in [0.15, 0.2) is 30.6 Å². The van der Waals surface area contributed by atoms with Gasteiger partial charge in [0.05, 0.1) is 6.20 Å². The molecule has 0 saturated carbocycles. The highest BCUT2D eigenvalue weighted by atomic mass is 32.1. The normalized spacial score (nSPS) is 10.5. The van der Waals surface area contributed by atoms with Gasteiger partial charge in [0, 0.05) is 24.0 Å². The zero-order chi connectivity index (χ0) is 10.7. The van der Waals surface area contributed by atoms with Gasteiger partial charge in [-0.25, -0.2) is 0 Å². The molecule has 0 unspecified atom stereocenters. The molecule has 1 N–H and O–H groups in total. The van der Waals surface area contributed by atoms with Crippen LogP contribution < -0.4 is 0 Å². The van der Waals surface area contributed by atoms with Crippen LogP contribution in [0.1, 0.15) is 13.3 Å². The first-order chi connectivity index (χ1) is 7.29. The second kappa shape index (κ2) is 4.40. The molecule has 2 aromatic rings. The second-order valence-electron chi connectivity index (χ2n) is 3.42. The minimum atomic E-state index is 0.746. The van der Waals surface area contributed by atoms with Gasteiger partial charge in [0.1, 0.15) is 4.64 Å². The van der Waals surface area contributed by atoms with Crippen molar-refractivity contribution in [3.63, 3.8) is 0 Å². The van der Waals surface area contributed by atoms with Crippen molar-refractivity contribution < 1.29 is 0 Å². The first kappa shape index (κ1) is 10.1. The summed E-state index contributed by atoms with van der Waals surface area (Å²) < 4.78 is 2.69. The van der Waals surface area contributed by atoms with Gasteiger partial charge >= 0.3 is 0 Å². The maximum absolute atomic E-state index is 5.07. The van der Waals surface area contributed by atoms with Crippen molar-refractivity contribution in [1.29, 1.82) is 0 Å². The van der Waals surface area contributed by atoms with E-state index in [1.807, 2.05) is 35.3 Å². The zero-order valence-corrected chi connectivity index (χ0v) is 9.42. The Bertz CT molecular complexity index is 498. The predicted octanol–water partition coefficient (Wildman–Crippen LogP) is 3.02. The van der Waals surface area contributed by atoms with Gasteiger partial charge in [-0.1, -0.05) is 25.2 Å². The van der Waals surface area contributed by atoms with E-state index in [0.29, 0.717) is 0 Å². The largest absolute Gasteiger partial charge is 0.346 e. The summed E-state index contributed by atoms with van der Waals surface area (Å²) in [6.45, 7) is 3.09. The van der Waals surface area contributed by atoms with Crippen LogP contribution >= 0.6 is 12.2 Å². The number of H-pyrrole nitrogens is 1. The molecule has 0 aliphatic rings. The lowest BCUT2D eigenvalue weighted by Crippen LogP contribution is -1.95. The molecule has 0 aromatic carbocycles. The van der Waals surface area contributed by atoms with E-state index in [-0.39, 0.29) is 0 Å². The Kier molecular flexibility index (Phi) is 2.97. The Morgan fingerprint density at radius 1 is 1.47 bits per heavy atom. The van der Waals surface area contributed by atoms with E-state index in [0.717, 1.165) is 28.9 Å². The third-order valence-electron chi connectivity index (χ3n) is 2.17. The van der Waals surface area contributed by atoms with Crippen LogP contribution in [0.3, 0.4) is 0 Å². The van der Waals surface area contributed by atoms with E-state index in [1.54, 1.807) is 0 Å². The predicted molar refractivity (Wildman–Crippen MR) is 63.1 cm³/mol. The topological polar surface area (TPSA) is 33.6 Å². The quantitative estimate of drug-likeness (QED) is 0.805. The molecule has 78 valence electrons. The van der Waals surface area contributed by atoms with Gasteiger partial charge < -0.3 is 4.98 Å². The lowest BCUT2D eigenvalue weighted by molar-refractivity contribution is 0.603. The van der Waals surface area contributed by atoms with Crippen molar-refractivity contribution in [3.8, 4) is 11.3 Å². The number of nitrogens with zero attached hydrogens (tertiary/aromatic N) is 2. The van der Waals surface area contributed by atoms with Crippen LogP contribution in [0.4, 0.5) is 0 Å². The molecule has 2 aromatic heterocycles. The van der Waals surface area contributed by atoms with Crippen molar-refractivity contribution in [1.82, 2.24) is 14.8 Å². The van der Waals surface area contributed by atoms with Crippen LogP contribution in [0.25, 0.3) is 11.3 Å². The summed E-state index contributed by atoms with van der Waals surface area (Å²) in [5.41, 5.74) is 2.10. The molecule has 0 fully saturated rings. The average Bonchev–Trinajstić information content (AvgIpc) is 2.67. The second-order valence-corrected chi connectivity index (χ2v) is 3.86. The number of nitrogens with one attached hydrogen (secondary N) is 1. The number of rotatable bonds is 3.